The third-order valence-corrected chi connectivity index (χ3v) is 2.45. The van der Waals surface area contributed by atoms with Gasteiger partial charge in [-0.2, -0.15) is 0 Å². The molecular formula is C10H21N. The van der Waals surface area contributed by atoms with Crippen LogP contribution in [0.1, 0.15) is 46.0 Å². The number of hydrogen-bond donors (Lipinski definition) is 1. The molecule has 0 aliphatic heterocycles. The Balaban J connectivity index is 1.87. The highest BCUT2D eigenvalue weighted by Gasteiger charge is 2.21. The first kappa shape index (κ1) is 9.05. The lowest BCUT2D eigenvalue weighted by atomic mass is 10.1. The van der Waals surface area contributed by atoms with E-state index >= 15 is 0 Å². The van der Waals surface area contributed by atoms with Crippen molar-refractivity contribution in [2.24, 2.45) is 5.92 Å². The maximum atomic E-state index is 3.52. The monoisotopic (exact) mass is 155 g/mol. The molecule has 1 aliphatic rings. The van der Waals surface area contributed by atoms with Gasteiger partial charge in [-0.25, -0.2) is 0 Å². The fraction of sp³-hybridized carbons (Fsp3) is 1.00. The smallest absolute Gasteiger partial charge is 0.00388 e. The van der Waals surface area contributed by atoms with E-state index in [9.17, 15) is 0 Å². The van der Waals surface area contributed by atoms with Crippen LogP contribution in [0.2, 0.25) is 0 Å². The molecule has 0 spiro atoms. The van der Waals surface area contributed by atoms with Crippen LogP contribution in [0.15, 0.2) is 0 Å². The first-order valence-electron chi connectivity index (χ1n) is 5.06. The molecule has 11 heavy (non-hydrogen) atoms. The van der Waals surface area contributed by atoms with Crippen LogP contribution in [0.3, 0.4) is 0 Å². The molecule has 0 aromatic heterocycles. The molecule has 1 unspecified atom stereocenters. The summed E-state index contributed by atoms with van der Waals surface area (Å²) in [6.07, 6.45) is 7.09. The summed E-state index contributed by atoms with van der Waals surface area (Å²) in [5.41, 5.74) is 0. The Hall–Kier alpha value is -0.0400. The lowest BCUT2D eigenvalue weighted by Gasteiger charge is -2.11. The summed E-state index contributed by atoms with van der Waals surface area (Å²) < 4.78 is 0. The van der Waals surface area contributed by atoms with Crippen molar-refractivity contribution in [1.82, 2.24) is 5.32 Å². The van der Waals surface area contributed by atoms with E-state index in [2.05, 4.69) is 19.2 Å². The summed E-state index contributed by atoms with van der Waals surface area (Å²) in [6, 6.07) is 0.746. The van der Waals surface area contributed by atoms with Crippen LogP contribution < -0.4 is 5.32 Å². The Morgan fingerprint density at radius 3 is 2.73 bits per heavy atom. The molecule has 0 amide bonds. The van der Waals surface area contributed by atoms with E-state index in [-0.39, 0.29) is 0 Å². The van der Waals surface area contributed by atoms with Crippen molar-refractivity contribution in [3.63, 3.8) is 0 Å². The van der Waals surface area contributed by atoms with Gasteiger partial charge in [0, 0.05) is 6.04 Å². The fourth-order valence-electron chi connectivity index (χ4n) is 1.39. The molecule has 0 aromatic carbocycles. The largest absolute Gasteiger partial charge is 0.314 e. The summed E-state index contributed by atoms with van der Waals surface area (Å²) in [7, 11) is 0. The van der Waals surface area contributed by atoms with E-state index in [4.69, 9.17) is 0 Å². The molecular weight excluding hydrogens is 134 g/mol. The van der Waals surface area contributed by atoms with Crippen molar-refractivity contribution < 1.29 is 0 Å². The summed E-state index contributed by atoms with van der Waals surface area (Å²) in [4.78, 5) is 0. The third kappa shape index (κ3) is 4.41. The highest BCUT2D eigenvalue weighted by molar-refractivity contribution is 4.75. The van der Waals surface area contributed by atoms with Gasteiger partial charge in [0.2, 0.25) is 0 Å². The second kappa shape index (κ2) is 4.76. The predicted molar refractivity (Wildman–Crippen MR) is 49.7 cm³/mol. The molecule has 1 rings (SSSR count). The second-order valence-electron chi connectivity index (χ2n) is 3.88. The molecule has 1 heteroatoms. The third-order valence-electron chi connectivity index (χ3n) is 2.45. The molecule has 0 saturated heterocycles. The minimum atomic E-state index is 0.746. The van der Waals surface area contributed by atoms with Gasteiger partial charge in [0.25, 0.3) is 0 Å². The highest BCUT2D eigenvalue weighted by atomic mass is 14.9. The van der Waals surface area contributed by atoms with Crippen molar-refractivity contribution in [3.8, 4) is 0 Å². The van der Waals surface area contributed by atoms with Gasteiger partial charge < -0.3 is 5.32 Å². The molecule has 0 radical (unpaired) electrons. The zero-order chi connectivity index (χ0) is 8.10. The Bertz CT molecular complexity index is 97.0. The summed E-state index contributed by atoms with van der Waals surface area (Å²) in [6.45, 7) is 5.71. The zero-order valence-corrected chi connectivity index (χ0v) is 7.90. The van der Waals surface area contributed by atoms with Crippen LogP contribution in [0.25, 0.3) is 0 Å². The van der Waals surface area contributed by atoms with Crippen LogP contribution >= 0.6 is 0 Å². The number of nitrogens with one attached hydrogen (secondary N) is 1. The Morgan fingerprint density at radius 2 is 2.18 bits per heavy atom. The van der Waals surface area contributed by atoms with Gasteiger partial charge in [-0.1, -0.05) is 19.8 Å². The van der Waals surface area contributed by atoms with Gasteiger partial charge in [-0.15, -0.1) is 0 Å². The van der Waals surface area contributed by atoms with Crippen LogP contribution in [0.4, 0.5) is 0 Å². The van der Waals surface area contributed by atoms with Crippen molar-refractivity contribution in [2.75, 3.05) is 6.54 Å². The Morgan fingerprint density at radius 1 is 1.45 bits per heavy atom. The molecule has 1 nitrogen and oxygen atoms in total. The van der Waals surface area contributed by atoms with Gasteiger partial charge in [0.15, 0.2) is 0 Å². The Labute approximate surface area is 70.6 Å². The van der Waals surface area contributed by atoms with Crippen molar-refractivity contribution in [1.29, 1.82) is 0 Å². The molecule has 0 aromatic rings. The number of rotatable bonds is 6. The van der Waals surface area contributed by atoms with E-state index in [1.807, 2.05) is 0 Å². The van der Waals surface area contributed by atoms with E-state index < -0.39 is 0 Å². The highest BCUT2D eigenvalue weighted by Crippen LogP contribution is 2.33. The van der Waals surface area contributed by atoms with E-state index in [0.29, 0.717) is 0 Å². The van der Waals surface area contributed by atoms with Gasteiger partial charge in [-0.05, 0) is 38.6 Å². The second-order valence-corrected chi connectivity index (χ2v) is 3.88. The molecule has 1 saturated carbocycles. The minimum Gasteiger partial charge on any atom is -0.314 e. The topological polar surface area (TPSA) is 12.0 Å². The standard InChI is InChI=1S/C10H21N/c1-3-8-11-9(2)4-5-10-6-7-10/h9-11H,3-8H2,1-2H3. The molecule has 0 heterocycles. The first-order chi connectivity index (χ1) is 5.33. The average Bonchev–Trinajstić information content (AvgIpc) is 2.80. The zero-order valence-electron chi connectivity index (χ0n) is 7.90. The summed E-state index contributed by atoms with van der Waals surface area (Å²) in [5.74, 6) is 1.10. The maximum Gasteiger partial charge on any atom is 0.00388 e. The lowest BCUT2D eigenvalue weighted by molar-refractivity contribution is 0.483. The van der Waals surface area contributed by atoms with Crippen LogP contribution in [0.5, 0.6) is 0 Å². The normalized spacial score (nSPS) is 20.2. The molecule has 0 bridgehead atoms. The van der Waals surface area contributed by atoms with Gasteiger partial charge in [-0.3, -0.25) is 0 Å². The van der Waals surface area contributed by atoms with Crippen LogP contribution in [0, 0.1) is 5.92 Å². The van der Waals surface area contributed by atoms with E-state index in [0.717, 1.165) is 12.0 Å². The molecule has 1 N–H and O–H groups in total. The first-order valence-corrected chi connectivity index (χ1v) is 5.06. The van der Waals surface area contributed by atoms with Crippen LogP contribution in [-0.2, 0) is 0 Å². The van der Waals surface area contributed by atoms with Crippen molar-refractivity contribution in [3.05, 3.63) is 0 Å². The minimum absolute atomic E-state index is 0.746. The molecule has 66 valence electrons. The Kier molecular flexibility index (Phi) is 3.92. The van der Waals surface area contributed by atoms with Crippen LogP contribution in [-0.4, -0.2) is 12.6 Å². The summed E-state index contributed by atoms with van der Waals surface area (Å²) >= 11 is 0. The van der Waals surface area contributed by atoms with E-state index in [1.165, 1.54) is 38.6 Å². The molecule has 1 aliphatic carbocycles. The quantitative estimate of drug-likeness (QED) is 0.621. The van der Waals surface area contributed by atoms with Gasteiger partial charge >= 0.3 is 0 Å². The van der Waals surface area contributed by atoms with Crippen molar-refractivity contribution in [2.45, 2.75) is 52.0 Å². The number of hydrogen-bond acceptors (Lipinski definition) is 1. The maximum absolute atomic E-state index is 3.52. The molecule has 1 atom stereocenters. The van der Waals surface area contributed by atoms with E-state index in [1.54, 1.807) is 0 Å². The lowest BCUT2D eigenvalue weighted by Crippen LogP contribution is -2.26. The predicted octanol–water partition coefficient (Wildman–Crippen LogP) is 2.56. The fourth-order valence-corrected chi connectivity index (χ4v) is 1.39. The van der Waals surface area contributed by atoms with Gasteiger partial charge in [0.1, 0.15) is 0 Å². The van der Waals surface area contributed by atoms with Crippen molar-refractivity contribution >= 4 is 0 Å². The summed E-state index contributed by atoms with van der Waals surface area (Å²) in [5, 5.41) is 3.52. The SMILES string of the molecule is CCCNC(C)CCC1CC1. The molecule has 1 fully saturated rings. The van der Waals surface area contributed by atoms with Gasteiger partial charge in [0.05, 0.1) is 0 Å². The average molecular weight is 155 g/mol.